The molecule has 0 bridgehead atoms. The summed E-state index contributed by atoms with van der Waals surface area (Å²) in [7, 11) is -3.93. The van der Waals surface area contributed by atoms with Crippen LogP contribution in [0.2, 0.25) is 36.3 Å². The van der Waals surface area contributed by atoms with Crippen LogP contribution in [0.25, 0.3) is 0 Å². The number of aliphatic hydroxyl groups excluding tert-OH is 2. The van der Waals surface area contributed by atoms with E-state index < -0.39 is 28.8 Å². The van der Waals surface area contributed by atoms with Gasteiger partial charge in [-0.15, -0.1) is 13.2 Å². The summed E-state index contributed by atoms with van der Waals surface area (Å²) in [5.41, 5.74) is 2.23. The lowest BCUT2D eigenvalue weighted by atomic mass is 9.95. The zero-order chi connectivity index (χ0) is 37.3. The zero-order valence-corrected chi connectivity index (χ0v) is 34.9. The molecule has 8 heteroatoms. The highest BCUT2D eigenvalue weighted by atomic mass is 28.4. The molecule has 48 heavy (non-hydrogen) atoms. The largest absolute Gasteiger partial charge is 0.458 e. The molecule has 0 amide bonds. The summed E-state index contributed by atoms with van der Waals surface area (Å²) in [4.78, 5) is 12.9. The lowest BCUT2D eigenvalue weighted by Gasteiger charge is -2.40. The third-order valence-corrected chi connectivity index (χ3v) is 18.8. The van der Waals surface area contributed by atoms with Gasteiger partial charge in [-0.25, -0.2) is 4.79 Å². The number of carbonyl (C=O) groups excluding carboxylic acids is 1. The van der Waals surface area contributed by atoms with Crippen LogP contribution < -0.4 is 0 Å². The number of hydrogen-bond acceptors (Lipinski definition) is 6. The normalized spacial score (nSPS) is 17.3. The number of allylic oxidation sites excluding steroid dienone is 4. The van der Waals surface area contributed by atoms with Gasteiger partial charge in [0.05, 0.1) is 24.9 Å². The smallest absolute Gasteiger partial charge is 0.330 e. The van der Waals surface area contributed by atoms with Gasteiger partial charge >= 0.3 is 5.97 Å². The molecule has 0 spiro atoms. The predicted molar refractivity (Wildman–Crippen MR) is 210 cm³/mol. The first kappa shape index (κ1) is 46.2. The van der Waals surface area contributed by atoms with Crippen molar-refractivity contribution >= 4 is 22.6 Å². The van der Waals surface area contributed by atoms with Crippen molar-refractivity contribution in [1.29, 1.82) is 0 Å². The highest BCUT2D eigenvalue weighted by molar-refractivity contribution is 6.74. The highest BCUT2D eigenvalue weighted by Crippen LogP contribution is 2.38. The molecule has 0 rings (SSSR count). The van der Waals surface area contributed by atoms with Gasteiger partial charge in [-0.2, -0.15) is 0 Å². The molecule has 0 aromatic heterocycles. The number of esters is 1. The molecule has 276 valence electrons. The number of hydrogen-bond donors (Lipinski definition) is 2. The number of unbranched alkanes of at least 4 members (excludes halogenated alkanes) is 1. The molecule has 0 heterocycles. The number of ether oxygens (including phenoxy) is 1. The maximum absolute atomic E-state index is 12.9. The van der Waals surface area contributed by atoms with Gasteiger partial charge in [0, 0.05) is 18.4 Å². The van der Waals surface area contributed by atoms with Gasteiger partial charge in [-0.1, -0.05) is 102 Å². The quantitative estimate of drug-likeness (QED) is 0.0291. The van der Waals surface area contributed by atoms with Crippen LogP contribution in [0.4, 0.5) is 0 Å². The predicted octanol–water partition coefficient (Wildman–Crippen LogP) is 10.4. The van der Waals surface area contributed by atoms with E-state index in [1.54, 1.807) is 6.08 Å². The Labute approximate surface area is 297 Å². The van der Waals surface area contributed by atoms with E-state index in [1.165, 1.54) is 12.2 Å². The molecule has 0 aliphatic heterocycles. The first-order valence-corrected chi connectivity index (χ1v) is 23.6. The van der Waals surface area contributed by atoms with E-state index >= 15 is 0 Å². The molecule has 6 nitrogen and oxygen atoms in total. The second-order valence-electron chi connectivity index (χ2n) is 16.4. The molecule has 0 unspecified atom stereocenters. The van der Waals surface area contributed by atoms with Gasteiger partial charge in [0.15, 0.2) is 16.6 Å². The molecule has 0 fully saturated rings. The van der Waals surface area contributed by atoms with Crippen LogP contribution in [0, 0.1) is 5.92 Å². The fraction of sp³-hybridized carbons (Fsp3) is 0.675. The molecule has 0 aliphatic rings. The van der Waals surface area contributed by atoms with Gasteiger partial charge < -0.3 is 23.8 Å². The molecule has 0 saturated heterocycles. The standard InChI is InChI=1S/C40H72O6Si2/c1-16-34(41)25-21-19-23-27-38(43)45-37(33(5)28-32(4)30-44-47(12,13)39(6,7)8)29-31(3)24-20-18-22-26-36(35(42)17-2)46-48(14,15)40(9,10)11/h16-18,20,23-24,27-28,33-37,41-42H,1-2,19,21-22,25-26,29-30H2,3-15H3/b20-18+,27-23+,31-24+,32-28+/t33-,34-,35+,36+,37-/m1/s1. The zero-order valence-electron chi connectivity index (χ0n) is 32.9. The average Bonchev–Trinajstić information content (AvgIpc) is 2.96. The number of rotatable bonds is 22. The van der Waals surface area contributed by atoms with Gasteiger partial charge in [-0.3, -0.25) is 0 Å². The molecule has 0 radical (unpaired) electrons. The van der Waals surface area contributed by atoms with E-state index in [2.05, 4.69) is 120 Å². The Balaban J connectivity index is 5.69. The summed E-state index contributed by atoms with van der Waals surface area (Å²) < 4.78 is 19.0. The SMILES string of the molecule is C=C[C@@H](O)CCC/C=C/C(=O)O[C@H](C/C(C)=C/C=C/CC[C@H](O[Si](C)(C)C(C)(C)C)[C@@H](O)C=C)[C@H](C)/C=C(\C)CO[Si](C)(C)C(C)(C)C. The Morgan fingerprint density at radius 1 is 0.833 bits per heavy atom. The maximum atomic E-state index is 12.9. The van der Waals surface area contributed by atoms with Crippen LogP contribution >= 0.6 is 0 Å². The molecular weight excluding hydrogens is 633 g/mol. The van der Waals surface area contributed by atoms with Crippen LogP contribution in [0.5, 0.6) is 0 Å². The summed E-state index contributed by atoms with van der Waals surface area (Å²) in [6.07, 6.45) is 17.0. The Bertz CT molecular complexity index is 1100. The summed E-state index contributed by atoms with van der Waals surface area (Å²) in [5, 5.41) is 20.4. The first-order valence-electron chi connectivity index (χ1n) is 17.8. The maximum Gasteiger partial charge on any atom is 0.330 e. The van der Waals surface area contributed by atoms with Crippen LogP contribution in [-0.2, 0) is 18.4 Å². The van der Waals surface area contributed by atoms with Crippen LogP contribution in [0.3, 0.4) is 0 Å². The molecule has 0 aromatic rings. The van der Waals surface area contributed by atoms with Gasteiger partial charge in [-0.05, 0) is 82.2 Å². The molecule has 0 aromatic carbocycles. The van der Waals surface area contributed by atoms with Crippen molar-refractivity contribution in [1.82, 2.24) is 0 Å². The first-order chi connectivity index (χ1) is 22.0. The second kappa shape index (κ2) is 21.4. The lowest BCUT2D eigenvalue weighted by Crippen LogP contribution is -2.46. The second-order valence-corrected chi connectivity index (χ2v) is 26.0. The van der Waals surface area contributed by atoms with Gasteiger partial charge in [0.1, 0.15) is 6.10 Å². The third-order valence-electron chi connectivity index (χ3n) is 9.80. The van der Waals surface area contributed by atoms with Crippen LogP contribution in [0.1, 0.15) is 101 Å². The molecule has 2 N–H and O–H groups in total. The molecular formula is C40H72O6Si2. The van der Waals surface area contributed by atoms with E-state index in [-0.39, 0.29) is 34.2 Å². The van der Waals surface area contributed by atoms with Crippen molar-refractivity contribution in [2.24, 2.45) is 5.92 Å². The van der Waals surface area contributed by atoms with E-state index in [1.807, 2.05) is 12.2 Å². The Kier molecular flexibility index (Phi) is 20.6. The monoisotopic (exact) mass is 704 g/mol. The summed E-state index contributed by atoms with van der Waals surface area (Å²) >= 11 is 0. The van der Waals surface area contributed by atoms with E-state index in [9.17, 15) is 15.0 Å². The Hall–Kier alpha value is -1.82. The molecule has 0 saturated carbocycles. The van der Waals surface area contributed by atoms with Crippen molar-refractivity contribution in [3.05, 3.63) is 72.9 Å². The molecule has 5 atom stereocenters. The van der Waals surface area contributed by atoms with Crippen molar-refractivity contribution < 1.29 is 28.6 Å². The Morgan fingerprint density at radius 2 is 1.44 bits per heavy atom. The minimum absolute atomic E-state index is 0.0194. The molecule has 0 aliphatic carbocycles. The van der Waals surface area contributed by atoms with E-state index in [4.69, 9.17) is 13.6 Å². The fourth-order valence-corrected chi connectivity index (χ4v) is 6.75. The fourth-order valence-electron chi connectivity index (χ4n) is 4.36. The van der Waals surface area contributed by atoms with Gasteiger partial charge in [0.25, 0.3) is 0 Å². The van der Waals surface area contributed by atoms with Crippen molar-refractivity contribution in [3.63, 3.8) is 0 Å². The average molecular weight is 705 g/mol. The van der Waals surface area contributed by atoms with Crippen molar-refractivity contribution in [2.75, 3.05) is 6.61 Å². The lowest BCUT2D eigenvalue weighted by molar-refractivity contribution is -0.144. The minimum atomic E-state index is -2.05. The summed E-state index contributed by atoms with van der Waals surface area (Å²) in [6.45, 7) is 36.4. The topological polar surface area (TPSA) is 85.2 Å². The Morgan fingerprint density at radius 3 is 1.98 bits per heavy atom. The number of carbonyl (C=O) groups is 1. The minimum Gasteiger partial charge on any atom is -0.458 e. The number of aliphatic hydroxyl groups is 2. The van der Waals surface area contributed by atoms with Crippen molar-refractivity contribution in [3.8, 4) is 0 Å². The summed E-state index contributed by atoms with van der Waals surface area (Å²) in [6, 6.07) is 0. The highest BCUT2D eigenvalue weighted by Gasteiger charge is 2.40. The summed E-state index contributed by atoms with van der Waals surface area (Å²) in [5.74, 6) is -0.384. The van der Waals surface area contributed by atoms with E-state index in [0.717, 1.165) is 24.0 Å². The third kappa shape index (κ3) is 18.3. The van der Waals surface area contributed by atoms with Crippen LogP contribution in [-0.4, -0.2) is 63.8 Å². The van der Waals surface area contributed by atoms with Gasteiger partial charge in [0.2, 0.25) is 0 Å². The van der Waals surface area contributed by atoms with Crippen molar-refractivity contribution in [2.45, 2.75) is 162 Å². The van der Waals surface area contributed by atoms with E-state index in [0.29, 0.717) is 32.3 Å². The van der Waals surface area contributed by atoms with Crippen LogP contribution in [0.15, 0.2) is 72.9 Å².